The van der Waals surface area contributed by atoms with Crippen LogP contribution in [0.5, 0.6) is 0 Å². The van der Waals surface area contributed by atoms with Gasteiger partial charge in [-0.05, 0) is 6.42 Å². The average molecular weight is 131 g/mol. The summed E-state index contributed by atoms with van der Waals surface area (Å²) in [4.78, 5) is 0. The van der Waals surface area contributed by atoms with Crippen molar-refractivity contribution >= 4 is 11.6 Å². The molecule has 0 aromatic heterocycles. The van der Waals surface area contributed by atoms with E-state index < -0.39 is 0 Å². The van der Waals surface area contributed by atoms with Crippen LogP contribution in [0.1, 0.15) is 26.2 Å². The van der Waals surface area contributed by atoms with Crippen molar-refractivity contribution in [1.29, 1.82) is 0 Å². The first kappa shape index (κ1) is 7.85. The fourth-order valence-electron chi connectivity index (χ4n) is 0.543. The zero-order chi connectivity index (χ0) is 6.41. The number of hydrogen-bond donors (Lipinski definition) is 0. The van der Waals surface area contributed by atoms with Crippen LogP contribution in [0, 0.1) is 12.3 Å². The van der Waals surface area contributed by atoms with Crippen molar-refractivity contribution in [2.45, 2.75) is 31.6 Å². The summed E-state index contributed by atoms with van der Waals surface area (Å²) in [5.74, 6) is 2.52. The van der Waals surface area contributed by atoms with E-state index in [-0.39, 0.29) is 5.38 Å². The number of hydrogen-bond acceptors (Lipinski definition) is 0. The Kier molecular flexibility index (Phi) is 4.90. The molecule has 1 heteroatoms. The van der Waals surface area contributed by atoms with Crippen molar-refractivity contribution in [2.24, 2.45) is 0 Å². The number of alkyl halides is 1. The molecule has 0 aromatic rings. The highest BCUT2D eigenvalue weighted by Crippen LogP contribution is 2.07. The van der Waals surface area contributed by atoms with Gasteiger partial charge in [-0.1, -0.05) is 13.3 Å². The van der Waals surface area contributed by atoms with Crippen molar-refractivity contribution in [3.8, 4) is 12.3 Å². The lowest BCUT2D eigenvalue weighted by Gasteiger charge is -1.99. The van der Waals surface area contributed by atoms with Crippen molar-refractivity contribution in [1.82, 2.24) is 0 Å². The van der Waals surface area contributed by atoms with E-state index in [2.05, 4.69) is 12.8 Å². The molecule has 0 aliphatic heterocycles. The van der Waals surface area contributed by atoms with E-state index >= 15 is 0 Å². The van der Waals surface area contributed by atoms with Gasteiger partial charge in [0.2, 0.25) is 0 Å². The molecule has 0 bridgehead atoms. The first-order chi connectivity index (χ1) is 3.81. The van der Waals surface area contributed by atoms with Gasteiger partial charge in [-0.15, -0.1) is 23.9 Å². The fourth-order valence-corrected chi connectivity index (χ4v) is 0.850. The topological polar surface area (TPSA) is 0 Å². The summed E-state index contributed by atoms with van der Waals surface area (Å²) in [5, 5.41) is 0.199. The van der Waals surface area contributed by atoms with Gasteiger partial charge in [0.25, 0.3) is 0 Å². The Labute approximate surface area is 56.2 Å². The van der Waals surface area contributed by atoms with Crippen LogP contribution in [0.15, 0.2) is 0 Å². The molecule has 0 aliphatic rings. The van der Waals surface area contributed by atoms with E-state index in [9.17, 15) is 0 Å². The standard InChI is InChI=1S/C7H11Cl/c1-3-5-7(8)6-4-2/h1,7H,4-6H2,2H3/t7-/m0/s1. The van der Waals surface area contributed by atoms with Crippen molar-refractivity contribution in [3.05, 3.63) is 0 Å². The lowest BCUT2D eigenvalue weighted by atomic mass is 10.2. The summed E-state index contributed by atoms with van der Waals surface area (Å²) in [6.45, 7) is 2.10. The van der Waals surface area contributed by atoms with Crippen LogP contribution in [0.4, 0.5) is 0 Å². The molecule has 0 N–H and O–H groups in total. The van der Waals surface area contributed by atoms with Gasteiger partial charge < -0.3 is 0 Å². The zero-order valence-corrected chi connectivity index (χ0v) is 5.91. The van der Waals surface area contributed by atoms with Gasteiger partial charge >= 0.3 is 0 Å². The zero-order valence-electron chi connectivity index (χ0n) is 5.15. The van der Waals surface area contributed by atoms with Gasteiger partial charge in [0.1, 0.15) is 0 Å². The molecule has 0 radical (unpaired) electrons. The van der Waals surface area contributed by atoms with Crippen LogP contribution < -0.4 is 0 Å². The highest BCUT2D eigenvalue weighted by molar-refractivity contribution is 6.20. The molecule has 0 heterocycles. The largest absolute Gasteiger partial charge is 0.122 e. The molecule has 0 saturated heterocycles. The molecule has 0 rings (SSSR count). The SMILES string of the molecule is C#CC[C@H](Cl)CCC. The minimum absolute atomic E-state index is 0.199. The van der Waals surface area contributed by atoms with Crippen LogP contribution in [0.25, 0.3) is 0 Å². The second-order valence-electron chi connectivity index (χ2n) is 1.79. The van der Waals surface area contributed by atoms with Crippen molar-refractivity contribution < 1.29 is 0 Å². The smallest absolute Gasteiger partial charge is 0.0445 e. The van der Waals surface area contributed by atoms with Gasteiger partial charge in [-0.2, -0.15) is 0 Å². The van der Waals surface area contributed by atoms with E-state index in [0.29, 0.717) is 6.42 Å². The maximum Gasteiger partial charge on any atom is 0.0445 e. The second kappa shape index (κ2) is 5.00. The molecular weight excluding hydrogens is 120 g/mol. The van der Waals surface area contributed by atoms with E-state index in [4.69, 9.17) is 18.0 Å². The number of rotatable bonds is 3. The van der Waals surface area contributed by atoms with Crippen LogP contribution >= 0.6 is 11.6 Å². The summed E-state index contributed by atoms with van der Waals surface area (Å²) in [5.41, 5.74) is 0. The van der Waals surface area contributed by atoms with E-state index in [1.165, 1.54) is 0 Å². The highest BCUT2D eigenvalue weighted by Gasteiger charge is 1.97. The second-order valence-corrected chi connectivity index (χ2v) is 2.41. The van der Waals surface area contributed by atoms with Gasteiger partial charge in [0.15, 0.2) is 0 Å². The monoisotopic (exact) mass is 130 g/mol. The maximum atomic E-state index is 5.74. The minimum atomic E-state index is 0.199. The predicted molar refractivity (Wildman–Crippen MR) is 38.0 cm³/mol. The molecule has 0 aromatic carbocycles. The Hall–Kier alpha value is -0.150. The predicted octanol–water partition coefficient (Wildman–Crippen LogP) is 2.42. The summed E-state index contributed by atoms with van der Waals surface area (Å²) < 4.78 is 0. The van der Waals surface area contributed by atoms with Crippen LogP contribution in [0.3, 0.4) is 0 Å². The van der Waals surface area contributed by atoms with Gasteiger partial charge in [-0.3, -0.25) is 0 Å². The maximum absolute atomic E-state index is 5.74. The summed E-state index contributed by atoms with van der Waals surface area (Å²) in [6.07, 6.45) is 7.88. The molecule has 1 atom stereocenters. The van der Waals surface area contributed by atoms with Gasteiger partial charge in [-0.25, -0.2) is 0 Å². The summed E-state index contributed by atoms with van der Waals surface area (Å²) in [7, 11) is 0. The summed E-state index contributed by atoms with van der Waals surface area (Å²) >= 11 is 5.74. The molecule has 0 amide bonds. The molecule has 8 heavy (non-hydrogen) atoms. The third-order valence-electron chi connectivity index (χ3n) is 0.941. The summed E-state index contributed by atoms with van der Waals surface area (Å²) in [6, 6.07) is 0. The van der Waals surface area contributed by atoms with Crippen molar-refractivity contribution in [2.75, 3.05) is 0 Å². The number of terminal acetylenes is 1. The van der Waals surface area contributed by atoms with Gasteiger partial charge in [0.05, 0.1) is 0 Å². The molecule has 0 saturated carbocycles. The van der Waals surface area contributed by atoms with Crippen LogP contribution in [-0.4, -0.2) is 5.38 Å². The highest BCUT2D eigenvalue weighted by atomic mass is 35.5. The van der Waals surface area contributed by atoms with Crippen LogP contribution in [-0.2, 0) is 0 Å². The van der Waals surface area contributed by atoms with E-state index in [1.54, 1.807) is 0 Å². The molecule has 0 nitrogen and oxygen atoms in total. The quantitative estimate of drug-likeness (QED) is 0.407. The fraction of sp³-hybridized carbons (Fsp3) is 0.714. The molecule has 0 unspecified atom stereocenters. The number of halogens is 1. The van der Waals surface area contributed by atoms with E-state index in [0.717, 1.165) is 12.8 Å². The normalized spacial score (nSPS) is 12.6. The molecule has 0 fully saturated rings. The Bertz CT molecular complexity index is 80.9. The molecule has 0 spiro atoms. The molecular formula is C7H11Cl. The average Bonchev–Trinajstić information content (AvgIpc) is 1.68. The van der Waals surface area contributed by atoms with E-state index in [1.807, 2.05) is 0 Å². The van der Waals surface area contributed by atoms with Crippen LogP contribution in [0.2, 0.25) is 0 Å². The Balaban J connectivity index is 3.08. The lowest BCUT2D eigenvalue weighted by Crippen LogP contribution is -1.93. The molecule has 0 aliphatic carbocycles. The third kappa shape index (κ3) is 4.02. The third-order valence-corrected chi connectivity index (χ3v) is 1.31. The lowest BCUT2D eigenvalue weighted by molar-refractivity contribution is 0.746. The Morgan fingerprint density at radius 1 is 1.75 bits per heavy atom. The Morgan fingerprint density at radius 2 is 2.38 bits per heavy atom. The van der Waals surface area contributed by atoms with Gasteiger partial charge in [0, 0.05) is 11.8 Å². The Morgan fingerprint density at radius 3 is 2.75 bits per heavy atom. The minimum Gasteiger partial charge on any atom is -0.122 e. The first-order valence-corrected chi connectivity index (χ1v) is 3.32. The van der Waals surface area contributed by atoms with Crippen molar-refractivity contribution in [3.63, 3.8) is 0 Å². The first-order valence-electron chi connectivity index (χ1n) is 2.88. The molecule has 46 valence electrons.